The van der Waals surface area contributed by atoms with Crippen LogP contribution in [0.25, 0.3) is 27.8 Å². The maximum atomic E-state index is 5.81. The van der Waals surface area contributed by atoms with Crippen molar-refractivity contribution in [2.45, 2.75) is 26.2 Å². The van der Waals surface area contributed by atoms with Gasteiger partial charge in [-0.25, -0.2) is 0 Å². The Morgan fingerprint density at radius 2 is 1.31 bits per heavy atom. The molecule has 0 unspecified atom stereocenters. The van der Waals surface area contributed by atoms with Crippen molar-refractivity contribution in [2.24, 2.45) is 0 Å². The number of fused-ring (bicyclic) bond motifs is 5. The van der Waals surface area contributed by atoms with Crippen molar-refractivity contribution in [2.75, 3.05) is 11.1 Å². The number of benzene rings is 5. The zero-order chi connectivity index (χ0) is 27.0. The van der Waals surface area contributed by atoms with Crippen molar-refractivity contribution in [1.29, 1.82) is 0 Å². The fourth-order valence-electron chi connectivity index (χ4n) is 5.75. The summed E-state index contributed by atoms with van der Waals surface area (Å²) in [7, 11) is 0. The highest BCUT2D eigenvalue weighted by atomic mass is 15.0. The molecule has 3 nitrogen and oxygen atoms in total. The SMILES string of the molecule is Cc1ccc(-n2c3c(c4ccccc42)C(C)(C)c2ccccc2-3)cc1.Nc1ccccc1Nc1ccccc1. The fraction of sp³-hybridized carbons (Fsp3) is 0.111. The minimum Gasteiger partial charge on any atom is -0.397 e. The number of hydrogen-bond acceptors (Lipinski definition) is 2. The monoisotopic (exact) mass is 507 g/mol. The molecule has 0 atom stereocenters. The molecule has 3 heteroatoms. The van der Waals surface area contributed by atoms with Gasteiger partial charge in [0.25, 0.3) is 0 Å². The number of anilines is 3. The van der Waals surface area contributed by atoms with E-state index in [1.807, 2.05) is 54.6 Å². The molecule has 0 radical (unpaired) electrons. The van der Waals surface area contributed by atoms with Gasteiger partial charge in [-0.15, -0.1) is 0 Å². The average molecular weight is 508 g/mol. The van der Waals surface area contributed by atoms with Gasteiger partial charge in [0.1, 0.15) is 0 Å². The van der Waals surface area contributed by atoms with E-state index in [0.29, 0.717) is 0 Å². The van der Waals surface area contributed by atoms with Gasteiger partial charge < -0.3 is 15.6 Å². The second-order valence-electron chi connectivity index (χ2n) is 10.7. The number of aryl methyl sites for hydroxylation is 1. The highest BCUT2D eigenvalue weighted by molar-refractivity contribution is 5.99. The summed E-state index contributed by atoms with van der Waals surface area (Å²) in [5, 5.41) is 4.61. The maximum Gasteiger partial charge on any atom is 0.0617 e. The molecule has 6 aromatic rings. The first-order chi connectivity index (χ1) is 18.9. The van der Waals surface area contributed by atoms with E-state index in [9.17, 15) is 0 Å². The minimum atomic E-state index is 0.0154. The van der Waals surface area contributed by atoms with E-state index >= 15 is 0 Å². The van der Waals surface area contributed by atoms with Crippen molar-refractivity contribution in [3.8, 4) is 16.9 Å². The number of nitrogens with one attached hydrogen (secondary N) is 1. The summed E-state index contributed by atoms with van der Waals surface area (Å²) >= 11 is 0. The Kier molecular flexibility index (Phi) is 6.20. The highest BCUT2D eigenvalue weighted by Crippen LogP contribution is 2.53. The molecule has 0 spiro atoms. The fourth-order valence-corrected chi connectivity index (χ4v) is 5.75. The third-order valence-electron chi connectivity index (χ3n) is 7.66. The zero-order valence-corrected chi connectivity index (χ0v) is 22.6. The summed E-state index contributed by atoms with van der Waals surface area (Å²) in [5.41, 5.74) is 18.0. The van der Waals surface area contributed by atoms with Crippen LogP contribution in [-0.4, -0.2) is 4.57 Å². The molecule has 5 aromatic carbocycles. The molecule has 3 N–H and O–H groups in total. The molecule has 1 aliphatic rings. The smallest absolute Gasteiger partial charge is 0.0617 e. The summed E-state index contributed by atoms with van der Waals surface area (Å²) in [4.78, 5) is 0. The van der Waals surface area contributed by atoms with Crippen LogP contribution >= 0.6 is 0 Å². The topological polar surface area (TPSA) is 43.0 Å². The molecule has 0 amide bonds. The maximum absolute atomic E-state index is 5.81. The quantitative estimate of drug-likeness (QED) is 0.234. The van der Waals surface area contributed by atoms with E-state index in [1.54, 1.807) is 0 Å². The van der Waals surface area contributed by atoms with Crippen LogP contribution in [-0.2, 0) is 5.41 Å². The van der Waals surface area contributed by atoms with E-state index < -0.39 is 0 Å². The number of nitrogens with zero attached hydrogens (tertiary/aromatic N) is 1. The van der Waals surface area contributed by atoms with Gasteiger partial charge in [0.15, 0.2) is 0 Å². The third kappa shape index (κ3) is 4.36. The molecular weight excluding hydrogens is 474 g/mol. The Morgan fingerprint density at radius 3 is 2.08 bits per heavy atom. The van der Waals surface area contributed by atoms with Gasteiger partial charge in [-0.1, -0.05) is 104 Å². The molecule has 39 heavy (non-hydrogen) atoms. The Morgan fingerprint density at radius 1 is 0.667 bits per heavy atom. The van der Waals surface area contributed by atoms with Gasteiger partial charge in [0.2, 0.25) is 0 Å². The molecule has 7 rings (SSSR count). The standard InChI is InChI=1S/C24H21N.C12H12N2/c1-16-12-14-17(15-13-16)25-21-11-7-5-9-19(21)22-23(25)18-8-4-6-10-20(18)24(22,2)3;13-11-8-4-5-9-12(11)14-10-6-2-1-3-7-10/h4-15H,1-3H3;1-9,14H,13H2. The summed E-state index contributed by atoms with van der Waals surface area (Å²) in [6.07, 6.45) is 0. The number of nitrogens with two attached hydrogens (primary N) is 1. The van der Waals surface area contributed by atoms with Gasteiger partial charge in [0.05, 0.1) is 22.6 Å². The lowest BCUT2D eigenvalue weighted by molar-refractivity contribution is 0.666. The Bertz CT molecular complexity index is 1760. The lowest BCUT2D eigenvalue weighted by atomic mass is 9.81. The van der Waals surface area contributed by atoms with E-state index in [0.717, 1.165) is 17.1 Å². The summed E-state index contributed by atoms with van der Waals surface area (Å²) < 4.78 is 2.44. The number of nitrogen functional groups attached to an aromatic ring is 1. The first-order valence-corrected chi connectivity index (χ1v) is 13.4. The molecule has 1 aromatic heterocycles. The molecule has 1 heterocycles. The average Bonchev–Trinajstić information content (AvgIpc) is 3.42. The second kappa shape index (κ2) is 9.85. The van der Waals surface area contributed by atoms with Crippen LogP contribution in [0, 0.1) is 6.92 Å². The molecule has 0 aliphatic heterocycles. The van der Waals surface area contributed by atoms with Crippen LogP contribution in [0.15, 0.2) is 127 Å². The highest BCUT2D eigenvalue weighted by Gasteiger charge is 2.40. The van der Waals surface area contributed by atoms with Crippen LogP contribution in [0.4, 0.5) is 17.1 Å². The van der Waals surface area contributed by atoms with E-state index in [2.05, 4.69) is 103 Å². The molecular formula is C36H33N3. The normalized spacial score (nSPS) is 12.8. The van der Waals surface area contributed by atoms with Crippen molar-refractivity contribution in [3.05, 3.63) is 144 Å². The Hall–Kier alpha value is -4.76. The predicted octanol–water partition coefficient (Wildman–Crippen LogP) is 9.26. The van der Waals surface area contributed by atoms with Gasteiger partial charge in [-0.3, -0.25) is 0 Å². The molecule has 0 fully saturated rings. The Balaban J connectivity index is 0.000000168. The first kappa shape index (κ1) is 24.6. The molecule has 0 saturated carbocycles. The van der Waals surface area contributed by atoms with Gasteiger partial charge in [0, 0.05) is 27.7 Å². The van der Waals surface area contributed by atoms with Crippen LogP contribution < -0.4 is 11.1 Å². The van der Waals surface area contributed by atoms with E-state index in [4.69, 9.17) is 5.73 Å². The number of aromatic nitrogens is 1. The number of hydrogen-bond donors (Lipinski definition) is 2. The number of rotatable bonds is 3. The van der Waals surface area contributed by atoms with Crippen molar-refractivity contribution < 1.29 is 0 Å². The largest absolute Gasteiger partial charge is 0.397 e. The zero-order valence-electron chi connectivity index (χ0n) is 22.6. The van der Waals surface area contributed by atoms with E-state index in [-0.39, 0.29) is 5.41 Å². The first-order valence-electron chi connectivity index (χ1n) is 13.4. The van der Waals surface area contributed by atoms with Gasteiger partial charge in [-0.05, 0) is 60.5 Å². The lowest BCUT2D eigenvalue weighted by Gasteiger charge is -2.21. The van der Waals surface area contributed by atoms with Gasteiger partial charge in [-0.2, -0.15) is 0 Å². The second-order valence-corrected chi connectivity index (χ2v) is 10.7. The van der Waals surface area contributed by atoms with Crippen molar-refractivity contribution in [1.82, 2.24) is 4.57 Å². The molecule has 1 aliphatic carbocycles. The lowest BCUT2D eigenvalue weighted by Crippen LogP contribution is -2.14. The van der Waals surface area contributed by atoms with E-state index in [1.165, 1.54) is 44.5 Å². The Labute approximate surface area is 230 Å². The number of para-hydroxylation sites is 4. The summed E-state index contributed by atoms with van der Waals surface area (Å²) in [6.45, 7) is 6.84. The van der Waals surface area contributed by atoms with Crippen molar-refractivity contribution in [3.63, 3.8) is 0 Å². The van der Waals surface area contributed by atoms with Crippen LogP contribution in [0.2, 0.25) is 0 Å². The van der Waals surface area contributed by atoms with Crippen LogP contribution in [0.1, 0.15) is 30.5 Å². The third-order valence-corrected chi connectivity index (χ3v) is 7.66. The van der Waals surface area contributed by atoms with Crippen LogP contribution in [0.3, 0.4) is 0 Å². The molecule has 0 saturated heterocycles. The molecule has 0 bridgehead atoms. The van der Waals surface area contributed by atoms with Crippen molar-refractivity contribution >= 4 is 28.0 Å². The summed E-state index contributed by atoms with van der Waals surface area (Å²) in [6, 6.07) is 44.2. The predicted molar refractivity (Wildman–Crippen MR) is 166 cm³/mol. The summed E-state index contributed by atoms with van der Waals surface area (Å²) in [5.74, 6) is 0. The minimum absolute atomic E-state index is 0.0154. The molecule has 192 valence electrons. The van der Waals surface area contributed by atoms with Gasteiger partial charge >= 0.3 is 0 Å². The van der Waals surface area contributed by atoms with Crippen LogP contribution in [0.5, 0.6) is 0 Å².